The SMILES string of the molecule is C[C@@H](OC(=O)CCN1C(=O)Cc2ccccc2C1=O)c1nc2ccccc2c(=O)[nH]1. The van der Waals surface area contributed by atoms with E-state index in [4.69, 9.17) is 4.74 Å². The van der Waals surface area contributed by atoms with Crippen LogP contribution in [0.2, 0.25) is 0 Å². The first-order valence-electron chi connectivity index (χ1n) is 9.55. The Morgan fingerprint density at radius 2 is 1.87 bits per heavy atom. The molecular formula is C22H19N3O5. The Labute approximate surface area is 171 Å². The summed E-state index contributed by atoms with van der Waals surface area (Å²) in [6, 6.07) is 13.8. The van der Waals surface area contributed by atoms with E-state index in [1.165, 1.54) is 0 Å². The van der Waals surface area contributed by atoms with E-state index >= 15 is 0 Å². The standard InChI is InChI=1S/C22H19N3O5/c1-13(20-23-17-9-5-4-8-16(17)21(28)24-20)30-19(27)10-11-25-18(26)12-14-6-2-3-7-15(14)22(25)29/h2-9,13H,10-12H2,1H3,(H,23,24,28)/t13-/m1/s1. The Morgan fingerprint density at radius 1 is 1.13 bits per heavy atom. The molecule has 0 aliphatic carbocycles. The van der Waals surface area contributed by atoms with Gasteiger partial charge in [-0.3, -0.25) is 24.1 Å². The zero-order chi connectivity index (χ0) is 21.3. The highest BCUT2D eigenvalue weighted by molar-refractivity contribution is 6.09. The average Bonchev–Trinajstić information content (AvgIpc) is 2.73. The van der Waals surface area contributed by atoms with E-state index in [1.807, 2.05) is 0 Å². The first kappa shape index (κ1) is 19.5. The summed E-state index contributed by atoms with van der Waals surface area (Å²) in [5.41, 5.74) is 1.34. The van der Waals surface area contributed by atoms with Crippen LogP contribution in [-0.4, -0.2) is 39.2 Å². The van der Waals surface area contributed by atoms with E-state index in [1.54, 1.807) is 55.5 Å². The number of aromatic amines is 1. The molecule has 1 N–H and O–H groups in total. The Balaban J connectivity index is 1.41. The van der Waals surface area contributed by atoms with Crippen LogP contribution in [-0.2, 0) is 20.7 Å². The summed E-state index contributed by atoms with van der Waals surface area (Å²) in [4.78, 5) is 57.3. The van der Waals surface area contributed by atoms with Crippen LogP contribution in [0.3, 0.4) is 0 Å². The normalized spacial score (nSPS) is 14.5. The monoisotopic (exact) mass is 405 g/mol. The van der Waals surface area contributed by atoms with E-state index in [-0.39, 0.29) is 36.7 Å². The molecule has 1 aromatic heterocycles. The molecule has 0 radical (unpaired) electrons. The maximum atomic E-state index is 12.5. The molecule has 0 unspecified atom stereocenters. The number of rotatable bonds is 5. The Kier molecular flexibility index (Phi) is 5.14. The van der Waals surface area contributed by atoms with Crippen molar-refractivity contribution in [3.05, 3.63) is 75.8 Å². The number of nitrogens with zero attached hydrogens (tertiary/aromatic N) is 2. The third-order valence-corrected chi connectivity index (χ3v) is 5.00. The van der Waals surface area contributed by atoms with E-state index < -0.39 is 18.0 Å². The van der Waals surface area contributed by atoms with E-state index in [9.17, 15) is 19.2 Å². The molecule has 8 nitrogen and oxygen atoms in total. The lowest BCUT2D eigenvalue weighted by molar-refractivity contribution is -0.149. The summed E-state index contributed by atoms with van der Waals surface area (Å²) < 4.78 is 5.35. The van der Waals surface area contributed by atoms with Crippen molar-refractivity contribution in [3.63, 3.8) is 0 Å². The summed E-state index contributed by atoms with van der Waals surface area (Å²) in [6.45, 7) is 1.53. The number of imide groups is 1. The van der Waals surface area contributed by atoms with Gasteiger partial charge in [0.15, 0.2) is 11.9 Å². The number of hydrogen-bond donors (Lipinski definition) is 1. The smallest absolute Gasteiger partial charge is 0.308 e. The molecule has 0 bridgehead atoms. The Morgan fingerprint density at radius 3 is 2.70 bits per heavy atom. The van der Waals surface area contributed by atoms with Crippen LogP contribution < -0.4 is 5.56 Å². The number of carbonyl (C=O) groups is 3. The van der Waals surface area contributed by atoms with E-state index in [2.05, 4.69) is 9.97 Å². The number of H-pyrrole nitrogens is 1. The molecule has 4 rings (SSSR count). The van der Waals surface area contributed by atoms with Crippen LogP contribution in [0.15, 0.2) is 53.3 Å². The van der Waals surface area contributed by atoms with Crippen LogP contribution in [0.25, 0.3) is 10.9 Å². The molecule has 2 amide bonds. The fourth-order valence-electron chi connectivity index (χ4n) is 3.44. The second kappa shape index (κ2) is 7.90. The molecule has 1 aliphatic heterocycles. The van der Waals surface area contributed by atoms with Crippen LogP contribution in [0.1, 0.15) is 41.2 Å². The highest BCUT2D eigenvalue weighted by atomic mass is 16.5. The number of ether oxygens (including phenoxy) is 1. The van der Waals surface area contributed by atoms with Gasteiger partial charge in [-0.15, -0.1) is 0 Å². The molecule has 0 fully saturated rings. The quantitative estimate of drug-likeness (QED) is 0.515. The van der Waals surface area contributed by atoms with Crippen molar-refractivity contribution < 1.29 is 19.1 Å². The predicted octanol–water partition coefficient (Wildman–Crippen LogP) is 2.14. The third-order valence-electron chi connectivity index (χ3n) is 5.00. The molecule has 3 aromatic rings. The second-order valence-corrected chi connectivity index (χ2v) is 7.03. The molecule has 0 saturated heterocycles. The zero-order valence-corrected chi connectivity index (χ0v) is 16.3. The van der Waals surface area contributed by atoms with Crippen molar-refractivity contribution >= 4 is 28.7 Å². The number of nitrogens with one attached hydrogen (secondary N) is 1. The maximum absolute atomic E-state index is 12.5. The molecule has 152 valence electrons. The van der Waals surface area contributed by atoms with Gasteiger partial charge in [0.05, 0.1) is 23.7 Å². The minimum atomic E-state index is -0.789. The van der Waals surface area contributed by atoms with Crippen molar-refractivity contribution in [2.45, 2.75) is 25.9 Å². The van der Waals surface area contributed by atoms with Crippen LogP contribution >= 0.6 is 0 Å². The molecule has 30 heavy (non-hydrogen) atoms. The summed E-state index contributed by atoms with van der Waals surface area (Å²) in [5.74, 6) is -1.13. The van der Waals surface area contributed by atoms with Gasteiger partial charge in [0, 0.05) is 12.1 Å². The van der Waals surface area contributed by atoms with Gasteiger partial charge in [0.25, 0.3) is 11.5 Å². The van der Waals surface area contributed by atoms with Crippen molar-refractivity contribution in [1.29, 1.82) is 0 Å². The lowest BCUT2D eigenvalue weighted by Gasteiger charge is -2.26. The zero-order valence-electron chi connectivity index (χ0n) is 16.3. The summed E-state index contributed by atoms with van der Waals surface area (Å²) in [5, 5.41) is 0.446. The van der Waals surface area contributed by atoms with Crippen molar-refractivity contribution in [3.8, 4) is 0 Å². The fourth-order valence-corrected chi connectivity index (χ4v) is 3.44. The van der Waals surface area contributed by atoms with Crippen LogP contribution in [0.5, 0.6) is 0 Å². The minimum Gasteiger partial charge on any atom is -0.454 e. The van der Waals surface area contributed by atoms with Gasteiger partial charge in [-0.1, -0.05) is 30.3 Å². The van der Waals surface area contributed by atoms with Crippen molar-refractivity contribution in [2.24, 2.45) is 0 Å². The number of carbonyl (C=O) groups excluding carboxylic acids is 3. The largest absolute Gasteiger partial charge is 0.454 e. The number of hydrogen-bond acceptors (Lipinski definition) is 6. The predicted molar refractivity (Wildman–Crippen MR) is 108 cm³/mol. The van der Waals surface area contributed by atoms with Crippen LogP contribution in [0.4, 0.5) is 0 Å². The van der Waals surface area contributed by atoms with E-state index in [0.717, 1.165) is 4.90 Å². The molecule has 1 atom stereocenters. The Hall–Kier alpha value is -3.81. The van der Waals surface area contributed by atoms with E-state index in [0.29, 0.717) is 22.0 Å². The van der Waals surface area contributed by atoms with Crippen LogP contribution in [0, 0.1) is 0 Å². The van der Waals surface area contributed by atoms with Gasteiger partial charge in [0.2, 0.25) is 5.91 Å². The maximum Gasteiger partial charge on any atom is 0.308 e. The molecule has 2 aromatic carbocycles. The topological polar surface area (TPSA) is 109 Å². The number of esters is 1. The number of amides is 2. The fraction of sp³-hybridized carbons (Fsp3) is 0.227. The highest BCUT2D eigenvalue weighted by Crippen LogP contribution is 2.20. The third kappa shape index (κ3) is 3.71. The number of fused-ring (bicyclic) bond motifs is 2. The minimum absolute atomic E-state index is 0.0702. The van der Waals surface area contributed by atoms with Gasteiger partial charge in [-0.2, -0.15) is 0 Å². The van der Waals surface area contributed by atoms with Gasteiger partial charge < -0.3 is 9.72 Å². The molecule has 1 aliphatic rings. The van der Waals surface area contributed by atoms with Gasteiger partial charge in [-0.25, -0.2) is 4.98 Å². The van der Waals surface area contributed by atoms with Gasteiger partial charge in [0.1, 0.15) is 0 Å². The first-order valence-corrected chi connectivity index (χ1v) is 9.55. The number of aromatic nitrogens is 2. The summed E-state index contributed by atoms with van der Waals surface area (Å²) in [6.07, 6.45) is -0.819. The number of para-hydroxylation sites is 1. The van der Waals surface area contributed by atoms with Crippen molar-refractivity contribution in [1.82, 2.24) is 14.9 Å². The lowest BCUT2D eigenvalue weighted by atomic mass is 9.98. The average molecular weight is 405 g/mol. The van der Waals surface area contributed by atoms with Crippen molar-refractivity contribution in [2.75, 3.05) is 6.54 Å². The molecule has 0 spiro atoms. The second-order valence-electron chi connectivity index (χ2n) is 7.03. The summed E-state index contributed by atoms with van der Waals surface area (Å²) in [7, 11) is 0. The highest BCUT2D eigenvalue weighted by Gasteiger charge is 2.31. The molecular weight excluding hydrogens is 386 g/mol. The molecule has 0 saturated carbocycles. The summed E-state index contributed by atoms with van der Waals surface area (Å²) >= 11 is 0. The Bertz CT molecular complexity index is 1220. The molecule has 8 heteroatoms. The molecule has 2 heterocycles. The number of benzene rings is 2. The van der Waals surface area contributed by atoms with Gasteiger partial charge in [-0.05, 0) is 30.7 Å². The van der Waals surface area contributed by atoms with Gasteiger partial charge >= 0.3 is 5.97 Å². The lowest BCUT2D eigenvalue weighted by Crippen LogP contribution is -2.43. The first-order chi connectivity index (χ1) is 14.4.